The highest BCUT2D eigenvalue weighted by molar-refractivity contribution is 5.68. The van der Waals surface area contributed by atoms with Gasteiger partial charge in [-0.05, 0) is 33.3 Å². The Morgan fingerprint density at radius 3 is 2.74 bits per heavy atom. The summed E-state index contributed by atoms with van der Waals surface area (Å²) in [7, 11) is 0. The first-order chi connectivity index (χ1) is 10.7. The first kappa shape index (κ1) is 17.0. The number of halogens is 1. The van der Waals surface area contributed by atoms with Gasteiger partial charge in [0, 0.05) is 30.9 Å². The summed E-state index contributed by atoms with van der Waals surface area (Å²) in [6.07, 6.45) is 0.205. The minimum Gasteiger partial charge on any atom is -0.444 e. The molecule has 126 valence electrons. The van der Waals surface area contributed by atoms with Gasteiger partial charge in [-0.2, -0.15) is 4.39 Å². The fraction of sp³-hybridized carbons (Fsp3) is 0.533. The van der Waals surface area contributed by atoms with Crippen molar-refractivity contribution in [3.63, 3.8) is 0 Å². The molecule has 23 heavy (non-hydrogen) atoms. The quantitative estimate of drug-likeness (QED) is 0.682. The maximum absolute atomic E-state index is 13.7. The standard InChI is InChI=1S/C15H20FN3O4/c1-15(2,3)23-14(20)17-10-6-7-18(9-10)11-4-5-13(19(21)22)12(16)8-11/h4-5,8,10H,6-7,9H2,1-3H3,(H,17,20)/t10-/m1/s1. The molecule has 1 atom stereocenters. The van der Waals surface area contributed by atoms with Gasteiger partial charge in [0.2, 0.25) is 5.82 Å². The number of ether oxygens (including phenoxy) is 1. The molecule has 0 aromatic heterocycles. The molecule has 1 fully saturated rings. The molecule has 7 nitrogen and oxygen atoms in total. The van der Waals surface area contributed by atoms with Gasteiger partial charge in [0.05, 0.1) is 11.0 Å². The normalized spacial score (nSPS) is 17.9. The second kappa shape index (κ2) is 6.39. The zero-order chi connectivity index (χ0) is 17.2. The zero-order valence-corrected chi connectivity index (χ0v) is 13.3. The van der Waals surface area contributed by atoms with Gasteiger partial charge in [-0.15, -0.1) is 0 Å². The fourth-order valence-corrected chi connectivity index (χ4v) is 2.43. The summed E-state index contributed by atoms with van der Waals surface area (Å²) in [4.78, 5) is 23.5. The molecule has 0 saturated carbocycles. The van der Waals surface area contributed by atoms with Crippen LogP contribution in [0.5, 0.6) is 0 Å². The van der Waals surface area contributed by atoms with E-state index in [4.69, 9.17) is 4.74 Å². The Hall–Kier alpha value is -2.38. The van der Waals surface area contributed by atoms with E-state index in [1.807, 2.05) is 4.90 Å². The molecular weight excluding hydrogens is 305 g/mol. The van der Waals surface area contributed by atoms with Crippen LogP contribution in [-0.2, 0) is 4.74 Å². The molecule has 0 bridgehead atoms. The molecule has 1 amide bonds. The Labute approximate surface area is 133 Å². The topological polar surface area (TPSA) is 84.7 Å². The third-order valence-electron chi connectivity index (χ3n) is 3.40. The monoisotopic (exact) mass is 325 g/mol. The Balaban J connectivity index is 1.96. The van der Waals surface area contributed by atoms with Crippen LogP contribution in [0.15, 0.2) is 18.2 Å². The van der Waals surface area contributed by atoms with Crippen molar-refractivity contribution in [1.82, 2.24) is 5.32 Å². The van der Waals surface area contributed by atoms with E-state index >= 15 is 0 Å². The van der Waals surface area contributed by atoms with Gasteiger partial charge in [0.1, 0.15) is 5.60 Å². The van der Waals surface area contributed by atoms with E-state index in [-0.39, 0.29) is 6.04 Å². The summed E-state index contributed by atoms with van der Waals surface area (Å²) in [5, 5.41) is 13.4. The highest BCUT2D eigenvalue weighted by Gasteiger charge is 2.27. The van der Waals surface area contributed by atoms with Crippen molar-refractivity contribution in [1.29, 1.82) is 0 Å². The summed E-state index contributed by atoms with van der Waals surface area (Å²) >= 11 is 0. The Morgan fingerprint density at radius 1 is 1.48 bits per heavy atom. The number of rotatable bonds is 3. The SMILES string of the molecule is CC(C)(C)OC(=O)N[C@@H]1CCN(c2ccc([N+](=O)[O-])c(F)c2)C1. The van der Waals surface area contributed by atoms with Crippen LogP contribution in [0.4, 0.5) is 20.6 Å². The van der Waals surface area contributed by atoms with Crippen LogP contribution >= 0.6 is 0 Å². The van der Waals surface area contributed by atoms with Crippen LogP contribution in [0.2, 0.25) is 0 Å². The molecule has 2 rings (SSSR count). The van der Waals surface area contributed by atoms with Crippen LogP contribution in [0, 0.1) is 15.9 Å². The molecule has 0 aliphatic carbocycles. The molecule has 0 radical (unpaired) electrons. The minimum absolute atomic E-state index is 0.108. The van der Waals surface area contributed by atoms with Crippen molar-refractivity contribution in [2.24, 2.45) is 0 Å². The van der Waals surface area contributed by atoms with Crippen molar-refractivity contribution in [2.45, 2.75) is 38.8 Å². The minimum atomic E-state index is -0.865. The van der Waals surface area contributed by atoms with Gasteiger partial charge in [-0.25, -0.2) is 4.79 Å². The molecule has 1 aromatic carbocycles. The predicted octanol–water partition coefficient (Wildman–Crippen LogP) is 2.84. The van der Waals surface area contributed by atoms with Crippen LogP contribution in [0.3, 0.4) is 0 Å². The Morgan fingerprint density at radius 2 is 2.17 bits per heavy atom. The molecule has 1 aromatic rings. The second-order valence-corrected chi connectivity index (χ2v) is 6.47. The van der Waals surface area contributed by atoms with E-state index in [1.54, 1.807) is 20.8 Å². The molecule has 1 saturated heterocycles. The lowest BCUT2D eigenvalue weighted by atomic mass is 10.2. The third-order valence-corrected chi connectivity index (χ3v) is 3.40. The number of hydrogen-bond acceptors (Lipinski definition) is 5. The largest absolute Gasteiger partial charge is 0.444 e. The number of nitrogens with one attached hydrogen (secondary N) is 1. The number of nitro benzene ring substituents is 1. The number of nitro groups is 1. The number of amides is 1. The zero-order valence-electron chi connectivity index (χ0n) is 13.3. The van der Waals surface area contributed by atoms with Gasteiger partial charge >= 0.3 is 11.8 Å². The van der Waals surface area contributed by atoms with Crippen molar-refractivity contribution < 1.29 is 18.8 Å². The molecule has 0 unspecified atom stereocenters. The van der Waals surface area contributed by atoms with E-state index in [0.717, 1.165) is 12.1 Å². The van der Waals surface area contributed by atoms with Crippen molar-refractivity contribution in [2.75, 3.05) is 18.0 Å². The number of hydrogen-bond donors (Lipinski definition) is 1. The average molecular weight is 325 g/mol. The van der Waals surface area contributed by atoms with Crippen LogP contribution in [0.25, 0.3) is 0 Å². The first-order valence-electron chi connectivity index (χ1n) is 7.34. The number of nitrogens with zero attached hydrogens (tertiary/aromatic N) is 2. The van der Waals surface area contributed by atoms with Crippen molar-refractivity contribution in [3.8, 4) is 0 Å². The van der Waals surface area contributed by atoms with Crippen LogP contribution < -0.4 is 10.2 Å². The average Bonchev–Trinajstić information content (AvgIpc) is 2.84. The Bertz CT molecular complexity index is 615. The lowest BCUT2D eigenvalue weighted by Gasteiger charge is -2.22. The fourth-order valence-electron chi connectivity index (χ4n) is 2.43. The van der Waals surface area contributed by atoms with Gasteiger partial charge in [0.25, 0.3) is 0 Å². The lowest BCUT2D eigenvalue weighted by Crippen LogP contribution is -2.40. The van der Waals surface area contributed by atoms with Gasteiger partial charge in [0.15, 0.2) is 0 Å². The van der Waals surface area contributed by atoms with Crippen molar-refractivity contribution >= 4 is 17.5 Å². The predicted molar refractivity (Wildman–Crippen MR) is 83.0 cm³/mol. The number of alkyl carbamates (subject to hydrolysis) is 1. The maximum Gasteiger partial charge on any atom is 0.407 e. The van der Waals surface area contributed by atoms with Crippen LogP contribution in [-0.4, -0.2) is 35.7 Å². The van der Waals surface area contributed by atoms with Gasteiger partial charge in [-0.1, -0.05) is 0 Å². The first-order valence-corrected chi connectivity index (χ1v) is 7.34. The smallest absolute Gasteiger partial charge is 0.407 e. The van der Waals surface area contributed by atoms with Crippen molar-refractivity contribution in [3.05, 3.63) is 34.1 Å². The van der Waals surface area contributed by atoms with E-state index < -0.39 is 28.1 Å². The summed E-state index contributed by atoms with van der Waals surface area (Å²) < 4.78 is 18.9. The molecule has 0 spiro atoms. The number of carbonyl (C=O) groups is 1. The molecule has 1 N–H and O–H groups in total. The molecule has 1 aliphatic heterocycles. The molecule has 8 heteroatoms. The highest BCUT2D eigenvalue weighted by atomic mass is 19.1. The third kappa shape index (κ3) is 4.54. The lowest BCUT2D eigenvalue weighted by molar-refractivity contribution is -0.387. The highest BCUT2D eigenvalue weighted by Crippen LogP contribution is 2.26. The molecule has 1 heterocycles. The second-order valence-electron chi connectivity index (χ2n) is 6.47. The summed E-state index contributed by atoms with van der Waals surface area (Å²) in [6, 6.07) is 3.70. The van der Waals surface area contributed by atoms with E-state index in [9.17, 15) is 19.3 Å². The van der Waals surface area contributed by atoms with E-state index in [1.165, 1.54) is 6.07 Å². The number of benzene rings is 1. The van der Waals surface area contributed by atoms with Crippen LogP contribution in [0.1, 0.15) is 27.2 Å². The number of anilines is 1. The Kier molecular flexibility index (Phi) is 4.72. The van der Waals surface area contributed by atoms with Gasteiger partial charge < -0.3 is 15.0 Å². The number of carbonyl (C=O) groups excluding carboxylic acids is 1. The maximum atomic E-state index is 13.7. The summed E-state index contributed by atoms with van der Waals surface area (Å²) in [5.41, 5.74) is -0.554. The summed E-state index contributed by atoms with van der Waals surface area (Å²) in [5.74, 6) is -0.865. The van der Waals surface area contributed by atoms with E-state index in [2.05, 4.69) is 5.32 Å². The molecule has 1 aliphatic rings. The summed E-state index contributed by atoms with van der Waals surface area (Å²) in [6.45, 7) is 6.47. The van der Waals surface area contributed by atoms with Gasteiger partial charge in [-0.3, -0.25) is 10.1 Å². The van der Waals surface area contributed by atoms with E-state index in [0.29, 0.717) is 25.2 Å². The molecular formula is C15H20FN3O4.